The van der Waals surface area contributed by atoms with E-state index < -0.39 is 5.92 Å². The Morgan fingerprint density at radius 2 is 1.88 bits per heavy atom. The van der Waals surface area contributed by atoms with Gasteiger partial charge in [0.15, 0.2) is 0 Å². The van der Waals surface area contributed by atoms with Gasteiger partial charge in [0.1, 0.15) is 5.82 Å². The molecule has 0 bridgehead atoms. The average Bonchev–Trinajstić information content (AvgIpc) is 3.11. The van der Waals surface area contributed by atoms with E-state index in [1.54, 1.807) is 6.20 Å². The molecule has 3 aliphatic rings. The predicted octanol–water partition coefficient (Wildman–Crippen LogP) is 3.68. The number of alkyl halides is 2. The largest absolute Gasteiger partial charge is 0.352 e. The molecule has 0 spiro atoms. The molecule has 0 radical (unpaired) electrons. The molecule has 0 aliphatic carbocycles. The Balaban J connectivity index is 1.30. The molecule has 5 rings (SSSR count). The van der Waals surface area contributed by atoms with Crippen molar-refractivity contribution in [2.75, 3.05) is 43.4 Å². The summed E-state index contributed by atoms with van der Waals surface area (Å²) in [5.74, 6) is -1.24. The third-order valence-corrected chi connectivity index (χ3v) is 7.13. The molecule has 1 N–H and O–H groups in total. The fourth-order valence-electron chi connectivity index (χ4n) is 5.28. The highest BCUT2D eigenvalue weighted by molar-refractivity contribution is 5.60. The van der Waals surface area contributed by atoms with Gasteiger partial charge in [0.2, 0.25) is 5.95 Å². The van der Waals surface area contributed by atoms with Crippen molar-refractivity contribution in [3.05, 3.63) is 41.1 Å². The first-order chi connectivity index (χ1) is 15.8. The zero-order valence-electron chi connectivity index (χ0n) is 19.1. The number of hydrogen-bond acceptors (Lipinski definition) is 7. The van der Waals surface area contributed by atoms with E-state index in [2.05, 4.69) is 56.3 Å². The zero-order chi connectivity index (χ0) is 23.2. The van der Waals surface area contributed by atoms with E-state index in [4.69, 9.17) is 4.98 Å². The fraction of sp³-hybridized carbons (Fsp3) is 0.542. The van der Waals surface area contributed by atoms with E-state index >= 15 is 0 Å². The van der Waals surface area contributed by atoms with Gasteiger partial charge in [-0.05, 0) is 37.2 Å². The van der Waals surface area contributed by atoms with Crippen molar-refractivity contribution < 1.29 is 8.78 Å². The minimum Gasteiger partial charge on any atom is -0.352 e. The highest BCUT2D eigenvalue weighted by Crippen LogP contribution is 2.39. The van der Waals surface area contributed by atoms with Gasteiger partial charge in [-0.15, -0.1) is 0 Å². The smallest absolute Gasteiger partial charge is 0.250 e. The van der Waals surface area contributed by atoms with Gasteiger partial charge >= 0.3 is 0 Å². The normalized spacial score (nSPS) is 21.8. The second-order valence-electron chi connectivity index (χ2n) is 9.74. The van der Waals surface area contributed by atoms with Crippen LogP contribution in [0.1, 0.15) is 36.0 Å². The van der Waals surface area contributed by atoms with Crippen LogP contribution in [0.25, 0.3) is 0 Å². The quantitative estimate of drug-likeness (QED) is 0.741. The molecule has 0 atom stereocenters. The Morgan fingerprint density at radius 1 is 1.15 bits per heavy atom. The summed E-state index contributed by atoms with van der Waals surface area (Å²) in [6.07, 6.45) is 1.85. The van der Waals surface area contributed by atoms with Crippen LogP contribution in [-0.4, -0.2) is 64.5 Å². The number of nitrogens with one attached hydrogen (secondary N) is 1. The Morgan fingerprint density at radius 3 is 2.61 bits per heavy atom. The minimum absolute atomic E-state index is 0.142. The summed E-state index contributed by atoms with van der Waals surface area (Å²) in [7, 11) is 2.11. The lowest BCUT2D eigenvalue weighted by molar-refractivity contribution is -0.0833. The molecular weight excluding hydrogens is 424 g/mol. The highest BCUT2D eigenvalue weighted by atomic mass is 19.3. The monoisotopic (exact) mass is 453 g/mol. The van der Waals surface area contributed by atoms with E-state index in [1.165, 1.54) is 11.1 Å². The first-order valence-electron chi connectivity index (χ1n) is 11.4. The van der Waals surface area contributed by atoms with Crippen LogP contribution in [-0.2, 0) is 13.1 Å². The molecule has 0 amide bonds. The van der Waals surface area contributed by atoms with Gasteiger partial charge in [0, 0.05) is 69.6 Å². The van der Waals surface area contributed by atoms with Gasteiger partial charge in [-0.2, -0.15) is 10.2 Å². The summed E-state index contributed by atoms with van der Waals surface area (Å²) < 4.78 is 27.3. The van der Waals surface area contributed by atoms with Crippen LogP contribution in [0.5, 0.6) is 0 Å². The molecule has 174 valence electrons. The number of aryl methyl sites for hydroxylation is 1. The summed E-state index contributed by atoms with van der Waals surface area (Å²) in [6.45, 7) is 5.73. The molecule has 1 aromatic heterocycles. The average molecular weight is 454 g/mol. The fourth-order valence-corrected chi connectivity index (χ4v) is 5.28. The van der Waals surface area contributed by atoms with Crippen molar-refractivity contribution in [2.45, 2.75) is 50.7 Å². The third kappa shape index (κ3) is 4.25. The van der Waals surface area contributed by atoms with Crippen LogP contribution < -0.4 is 10.2 Å². The third-order valence-electron chi connectivity index (χ3n) is 7.13. The molecule has 2 saturated heterocycles. The second kappa shape index (κ2) is 8.19. The van der Waals surface area contributed by atoms with Gasteiger partial charge in [0.05, 0.1) is 18.0 Å². The molecule has 3 aliphatic heterocycles. The number of aromatic nitrogens is 2. The number of rotatable bonds is 5. The van der Waals surface area contributed by atoms with E-state index in [0.717, 1.165) is 30.2 Å². The van der Waals surface area contributed by atoms with Crippen molar-refractivity contribution in [3.8, 4) is 6.07 Å². The number of nitriles is 1. The number of nitrogens with zero attached hydrogens (tertiary/aromatic N) is 6. The van der Waals surface area contributed by atoms with Crippen LogP contribution >= 0.6 is 0 Å². The van der Waals surface area contributed by atoms with Crippen molar-refractivity contribution >= 4 is 17.5 Å². The predicted molar refractivity (Wildman–Crippen MR) is 123 cm³/mol. The van der Waals surface area contributed by atoms with Crippen LogP contribution in [0.4, 0.5) is 26.2 Å². The molecule has 33 heavy (non-hydrogen) atoms. The standard InChI is InChI=1S/C24H29F2N7/c1-17-12-28-22(29-20-4-3-18-13-31(2)14-19(18)11-20)30-21(17)32-15-23(16-32,5-8-27)33-9-6-24(25,26)7-10-33/h3-4,11-12H,5-7,9-10,13-16H2,1-2H3,(H,28,29,30). The molecule has 1 aromatic carbocycles. The van der Waals surface area contributed by atoms with Gasteiger partial charge < -0.3 is 10.2 Å². The molecule has 0 saturated carbocycles. The lowest BCUT2D eigenvalue weighted by Crippen LogP contribution is -2.72. The Kier molecular flexibility index (Phi) is 5.46. The molecule has 9 heteroatoms. The molecule has 4 heterocycles. The number of likely N-dealkylation sites (tertiary alicyclic amines) is 1. The molecule has 0 unspecified atom stereocenters. The molecule has 2 fully saturated rings. The summed E-state index contributed by atoms with van der Waals surface area (Å²) >= 11 is 0. The first kappa shape index (κ1) is 22.0. The number of halogens is 2. The molecular formula is C24H29F2N7. The minimum atomic E-state index is -2.59. The van der Waals surface area contributed by atoms with Crippen molar-refractivity contribution in [3.63, 3.8) is 0 Å². The maximum Gasteiger partial charge on any atom is 0.250 e. The summed E-state index contributed by atoms with van der Waals surface area (Å²) in [6, 6.07) is 8.62. The molecule has 7 nitrogen and oxygen atoms in total. The van der Waals surface area contributed by atoms with Crippen LogP contribution in [0, 0.1) is 18.3 Å². The van der Waals surface area contributed by atoms with Crippen molar-refractivity contribution in [2.24, 2.45) is 0 Å². The Hall–Kier alpha value is -2.83. The second-order valence-corrected chi connectivity index (χ2v) is 9.74. The zero-order valence-corrected chi connectivity index (χ0v) is 19.1. The van der Waals surface area contributed by atoms with Crippen molar-refractivity contribution in [1.82, 2.24) is 19.8 Å². The number of anilines is 3. The van der Waals surface area contributed by atoms with Crippen LogP contribution in [0.3, 0.4) is 0 Å². The number of piperidine rings is 1. The van der Waals surface area contributed by atoms with Crippen molar-refractivity contribution in [1.29, 1.82) is 5.26 Å². The van der Waals surface area contributed by atoms with E-state index in [9.17, 15) is 14.0 Å². The van der Waals surface area contributed by atoms with Gasteiger partial charge in [-0.25, -0.2) is 13.8 Å². The van der Waals surface area contributed by atoms with E-state index in [0.29, 0.717) is 38.5 Å². The maximum atomic E-state index is 13.7. The van der Waals surface area contributed by atoms with Gasteiger partial charge in [-0.1, -0.05) is 6.07 Å². The highest BCUT2D eigenvalue weighted by Gasteiger charge is 2.51. The Bertz CT molecular complexity index is 1080. The van der Waals surface area contributed by atoms with Crippen LogP contribution in [0.2, 0.25) is 0 Å². The summed E-state index contributed by atoms with van der Waals surface area (Å²) in [4.78, 5) is 15.7. The maximum absolute atomic E-state index is 13.7. The lowest BCUT2D eigenvalue weighted by Gasteiger charge is -2.57. The first-order valence-corrected chi connectivity index (χ1v) is 11.4. The van der Waals surface area contributed by atoms with Gasteiger partial charge in [-0.3, -0.25) is 9.80 Å². The molecule has 2 aromatic rings. The van der Waals surface area contributed by atoms with Crippen LogP contribution in [0.15, 0.2) is 24.4 Å². The number of benzene rings is 1. The number of hydrogen-bond donors (Lipinski definition) is 1. The topological polar surface area (TPSA) is 71.3 Å². The lowest BCUT2D eigenvalue weighted by atomic mass is 9.82. The summed E-state index contributed by atoms with van der Waals surface area (Å²) in [5.41, 5.74) is 4.18. The summed E-state index contributed by atoms with van der Waals surface area (Å²) in [5, 5.41) is 12.7. The van der Waals surface area contributed by atoms with E-state index in [1.807, 2.05) is 6.92 Å². The van der Waals surface area contributed by atoms with Gasteiger partial charge in [0.25, 0.3) is 5.92 Å². The van der Waals surface area contributed by atoms with E-state index in [-0.39, 0.29) is 18.4 Å². The SMILES string of the molecule is Cc1cnc(Nc2ccc3c(c2)CN(C)C3)nc1N1CC(CC#N)(N2CCC(F)(F)CC2)C1. The Labute approximate surface area is 193 Å². The number of fused-ring (bicyclic) bond motifs is 1.